The molecule has 0 saturated heterocycles. The first-order valence-electron chi connectivity index (χ1n) is 20.3. The van der Waals surface area contributed by atoms with Crippen molar-refractivity contribution in [2.24, 2.45) is 0 Å². The van der Waals surface area contributed by atoms with E-state index in [9.17, 15) is 0 Å². The molecule has 4 aromatic carbocycles. The highest BCUT2D eigenvalue weighted by molar-refractivity contribution is 5.79. The van der Waals surface area contributed by atoms with E-state index >= 15 is 0 Å². The number of benzene rings is 4. The van der Waals surface area contributed by atoms with Crippen molar-refractivity contribution in [1.29, 1.82) is 0 Å². The quantitative estimate of drug-likeness (QED) is 0.186. The molecule has 0 amide bonds. The van der Waals surface area contributed by atoms with Gasteiger partial charge in [0.05, 0.1) is 6.04 Å². The van der Waals surface area contributed by atoms with Crippen LogP contribution in [0, 0.1) is 20.8 Å². The Morgan fingerprint density at radius 3 is 1.65 bits per heavy atom. The number of aryl methyl sites for hydroxylation is 3. The van der Waals surface area contributed by atoms with Crippen molar-refractivity contribution in [2.75, 3.05) is 15.1 Å². The maximum absolute atomic E-state index is 3.85. The lowest BCUT2D eigenvalue weighted by molar-refractivity contribution is 0.755. The van der Waals surface area contributed by atoms with E-state index in [1.165, 1.54) is 45.0 Å². The van der Waals surface area contributed by atoms with Gasteiger partial charge < -0.3 is 15.1 Å². The van der Waals surface area contributed by atoms with E-state index in [1.807, 2.05) is 41.5 Å². The fourth-order valence-corrected chi connectivity index (χ4v) is 6.83. The Balaban J connectivity index is 0.00000103. The molecule has 4 aromatic rings. The third kappa shape index (κ3) is 10.7. The predicted molar refractivity (Wildman–Crippen MR) is 240 cm³/mol. The van der Waals surface area contributed by atoms with Gasteiger partial charge in [-0.1, -0.05) is 143 Å². The number of anilines is 5. The van der Waals surface area contributed by atoms with E-state index in [1.54, 1.807) is 0 Å². The van der Waals surface area contributed by atoms with Crippen LogP contribution in [0.4, 0.5) is 28.4 Å². The smallest absolute Gasteiger partial charge is 0.0550 e. The molecule has 2 unspecified atom stereocenters. The monoisotopic (exact) mass is 718 g/mol. The lowest BCUT2D eigenvalue weighted by Gasteiger charge is -2.34. The summed E-state index contributed by atoms with van der Waals surface area (Å²) in [6.07, 6.45) is 26.9. The van der Waals surface area contributed by atoms with Crippen LogP contribution in [0.2, 0.25) is 0 Å². The van der Waals surface area contributed by atoms with Gasteiger partial charge in [-0.05, 0) is 119 Å². The summed E-state index contributed by atoms with van der Waals surface area (Å²) in [5.74, 6) is 0.130. The Morgan fingerprint density at radius 2 is 1.09 bits per heavy atom. The molecule has 3 aliphatic carbocycles. The van der Waals surface area contributed by atoms with Gasteiger partial charge in [0.25, 0.3) is 0 Å². The van der Waals surface area contributed by atoms with E-state index < -0.39 is 0 Å². The average Bonchev–Trinajstić information content (AvgIpc) is 3.24. The van der Waals surface area contributed by atoms with Gasteiger partial charge in [0.2, 0.25) is 0 Å². The molecule has 3 aliphatic rings. The van der Waals surface area contributed by atoms with Gasteiger partial charge in [0.1, 0.15) is 0 Å². The number of hydrogen-bond donors (Lipinski definition) is 1. The van der Waals surface area contributed by atoms with Crippen molar-refractivity contribution < 1.29 is 0 Å². The normalized spacial score (nSPS) is 16.6. The molecule has 0 aromatic heterocycles. The van der Waals surface area contributed by atoms with Gasteiger partial charge in [0, 0.05) is 45.7 Å². The van der Waals surface area contributed by atoms with Crippen LogP contribution in [0.3, 0.4) is 0 Å². The van der Waals surface area contributed by atoms with E-state index in [2.05, 4.69) is 188 Å². The summed E-state index contributed by atoms with van der Waals surface area (Å²) in [5.41, 5.74) is 13.4. The average molecular weight is 718 g/mol. The zero-order valence-electron chi connectivity index (χ0n) is 34.3. The van der Waals surface area contributed by atoms with Crippen LogP contribution in [0.15, 0.2) is 163 Å². The third-order valence-electron chi connectivity index (χ3n) is 9.44. The Kier molecular flexibility index (Phi) is 16.5. The van der Waals surface area contributed by atoms with Crippen molar-refractivity contribution in [3.8, 4) is 0 Å². The molecule has 2 atom stereocenters. The number of nitrogens with one attached hydrogen (secondary N) is 1. The summed E-state index contributed by atoms with van der Waals surface area (Å²) in [4.78, 5) is 4.91. The van der Waals surface area contributed by atoms with Gasteiger partial charge >= 0.3 is 0 Å². The SMILES string of the molecule is CC.CC.CC.Cc1ccc(NC2C=CC=CC2c2cc(N(C3=CCCC=C3)c3ccc(C)cc3)cc(N(C3=CC=CCC3)c3ccc(C)cc3)c2)cc1. The third-order valence-corrected chi connectivity index (χ3v) is 9.44. The molecule has 3 nitrogen and oxygen atoms in total. The molecule has 0 fully saturated rings. The first-order chi connectivity index (χ1) is 26.5. The van der Waals surface area contributed by atoms with Crippen LogP contribution in [-0.2, 0) is 0 Å². The van der Waals surface area contributed by atoms with E-state index in [0.29, 0.717) is 0 Å². The molecule has 54 heavy (non-hydrogen) atoms. The zero-order valence-corrected chi connectivity index (χ0v) is 34.3. The summed E-state index contributed by atoms with van der Waals surface area (Å²) in [6, 6.07) is 33.9. The van der Waals surface area contributed by atoms with Crippen molar-refractivity contribution in [2.45, 2.75) is 100.0 Å². The fraction of sp³-hybridized carbons (Fsp3) is 0.294. The number of nitrogens with zero attached hydrogens (tertiary/aromatic N) is 2. The van der Waals surface area contributed by atoms with Crippen LogP contribution >= 0.6 is 0 Å². The Labute approximate surface area is 327 Å². The second-order valence-electron chi connectivity index (χ2n) is 13.2. The van der Waals surface area contributed by atoms with Gasteiger partial charge in [-0.3, -0.25) is 0 Å². The fourth-order valence-electron chi connectivity index (χ4n) is 6.83. The highest BCUT2D eigenvalue weighted by Crippen LogP contribution is 2.42. The first kappa shape index (κ1) is 41.5. The summed E-state index contributed by atoms with van der Waals surface area (Å²) in [6.45, 7) is 18.4. The summed E-state index contributed by atoms with van der Waals surface area (Å²) in [7, 11) is 0. The Bertz CT molecular complexity index is 1920. The number of allylic oxidation sites excluding steroid dienone is 9. The molecule has 0 aliphatic heterocycles. The molecule has 282 valence electrons. The number of hydrogen-bond acceptors (Lipinski definition) is 3. The maximum Gasteiger partial charge on any atom is 0.0550 e. The van der Waals surface area contributed by atoms with Crippen molar-refractivity contribution in [1.82, 2.24) is 0 Å². The van der Waals surface area contributed by atoms with Gasteiger partial charge in [-0.15, -0.1) is 0 Å². The maximum atomic E-state index is 3.85. The highest BCUT2D eigenvalue weighted by atomic mass is 15.2. The van der Waals surface area contributed by atoms with Crippen LogP contribution in [-0.4, -0.2) is 6.04 Å². The van der Waals surface area contributed by atoms with Crippen molar-refractivity contribution in [3.05, 3.63) is 185 Å². The molecular formula is C51H63N3. The minimum absolute atomic E-state index is 0.104. The van der Waals surface area contributed by atoms with Crippen molar-refractivity contribution >= 4 is 28.4 Å². The van der Waals surface area contributed by atoms with Crippen LogP contribution in [0.1, 0.15) is 95.4 Å². The molecule has 3 heteroatoms. The second-order valence-corrected chi connectivity index (χ2v) is 13.2. The number of rotatable bonds is 9. The highest BCUT2D eigenvalue weighted by Gasteiger charge is 2.26. The zero-order chi connectivity index (χ0) is 38.9. The molecule has 0 heterocycles. The lowest BCUT2D eigenvalue weighted by atomic mass is 9.87. The molecule has 0 bridgehead atoms. The molecular weight excluding hydrogens is 655 g/mol. The predicted octanol–water partition coefficient (Wildman–Crippen LogP) is 15.1. The Morgan fingerprint density at radius 1 is 0.537 bits per heavy atom. The van der Waals surface area contributed by atoms with Gasteiger partial charge in [0.15, 0.2) is 0 Å². The van der Waals surface area contributed by atoms with E-state index in [0.717, 1.165) is 42.7 Å². The van der Waals surface area contributed by atoms with Gasteiger partial charge in [-0.2, -0.15) is 0 Å². The van der Waals surface area contributed by atoms with E-state index in [4.69, 9.17) is 0 Å². The molecule has 0 saturated carbocycles. The van der Waals surface area contributed by atoms with Crippen LogP contribution in [0.5, 0.6) is 0 Å². The topological polar surface area (TPSA) is 18.5 Å². The molecule has 0 radical (unpaired) electrons. The van der Waals surface area contributed by atoms with Gasteiger partial charge in [-0.25, -0.2) is 0 Å². The van der Waals surface area contributed by atoms with Crippen LogP contribution in [0.25, 0.3) is 0 Å². The van der Waals surface area contributed by atoms with Crippen molar-refractivity contribution in [3.63, 3.8) is 0 Å². The summed E-state index contributed by atoms with van der Waals surface area (Å²) >= 11 is 0. The molecule has 0 spiro atoms. The first-order valence-corrected chi connectivity index (χ1v) is 20.3. The minimum atomic E-state index is 0.104. The molecule has 1 N–H and O–H groups in total. The summed E-state index contributed by atoms with van der Waals surface area (Å²) < 4.78 is 0. The standard InChI is InChI=1S/C45H45N3.3C2H6/c1-33-18-24-37(25-19-33)46-45-17-11-10-16-44(45)36-30-42(47(38-12-6-4-7-13-38)40-26-20-34(2)21-27-40)32-43(31-36)48(39-14-8-5-9-15-39)41-28-22-35(3)23-29-41;3*1-2/h4,6,8,10-12,14-32,44-46H,5,7,9,13H2,1-3H3;3*1-2H3. The molecule has 7 rings (SSSR count). The largest absolute Gasteiger partial charge is 0.378 e. The second kappa shape index (κ2) is 21.4. The van der Waals surface area contributed by atoms with E-state index in [-0.39, 0.29) is 12.0 Å². The summed E-state index contributed by atoms with van der Waals surface area (Å²) in [5, 5.41) is 3.85. The minimum Gasteiger partial charge on any atom is -0.378 e. The Hall–Kier alpha value is -5.28. The lowest BCUT2D eigenvalue weighted by Crippen LogP contribution is -2.27. The van der Waals surface area contributed by atoms with Crippen LogP contribution < -0.4 is 15.1 Å².